The van der Waals surface area contributed by atoms with Crippen molar-refractivity contribution in [1.29, 1.82) is 15.8 Å². The zero-order valence-corrected chi connectivity index (χ0v) is 27.9. The molecule has 7 aromatic carbocycles. The number of fused-ring (bicyclic) bond motifs is 3. The number of rotatable bonds is 6. The molecular weight excluding hydrogens is 621 g/mol. The van der Waals surface area contributed by atoms with E-state index in [1.165, 1.54) is 22.3 Å². The third-order valence-corrected chi connectivity index (χ3v) is 9.74. The van der Waals surface area contributed by atoms with Crippen molar-refractivity contribution in [2.75, 3.05) is 0 Å². The molecule has 0 atom stereocenters. The van der Waals surface area contributed by atoms with Gasteiger partial charge < -0.3 is 4.57 Å². The van der Waals surface area contributed by atoms with Crippen molar-refractivity contribution >= 4 is 21.8 Å². The molecule has 0 radical (unpaired) electrons. The Labute approximate surface area is 297 Å². The van der Waals surface area contributed by atoms with Gasteiger partial charge in [-0.1, -0.05) is 97.1 Å². The number of nitrogens with zero attached hydrogens (tertiary/aromatic N) is 4. The van der Waals surface area contributed by atoms with Crippen molar-refractivity contribution in [3.05, 3.63) is 185 Å². The monoisotopic (exact) mass is 650 g/mol. The van der Waals surface area contributed by atoms with E-state index in [1.807, 2.05) is 66.7 Å². The van der Waals surface area contributed by atoms with Gasteiger partial charge in [-0.3, -0.25) is 0 Å². The molecule has 0 amide bonds. The summed E-state index contributed by atoms with van der Waals surface area (Å²) in [7, 11) is 0. The summed E-state index contributed by atoms with van der Waals surface area (Å²) < 4.78 is 2.23. The molecule has 1 heterocycles. The van der Waals surface area contributed by atoms with Gasteiger partial charge in [0.25, 0.3) is 0 Å². The summed E-state index contributed by atoms with van der Waals surface area (Å²) in [6.45, 7) is 2.13. The van der Waals surface area contributed by atoms with Crippen LogP contribution in [0.15, 0.2) is 152 Å². The SMILES string of the molecule is Cc1ccccc1-c1ccccc1Cc1ccc(C#N)cc1-c1ccc(-c2cccc(-n3c4ccccc4c4cc(C#N)ccc43)c2)cc1C#N. The van der Waals surface area contributed by atoms with Crippen molar-refractivity contribution in [3.8, 4) is 57.3 Å². The fraction of sp³-hybridized carbons (Fsp3) is 0.0426. The van der Waals surface area contributed by atoms with Crippen LogP contribution in [-0.4, -0.2) is 4.57 Å². The maximum atomic E-state index is 10.5. The van der Waals surface area contributed by atoms with Crippen LogP contribution in [0.1, 0.15) is 33.4 Å². The molecular formula is C47H30N4. The second-order valence-corrected chi connectivity index (χ2v) is 12.8. The highest BCUT2D eigenvalue weighted by atomic mass is 15.0. The lowest BCUT2D eigenvalue weighted by molar-refractivity contribution is 1.18. The second-order valence-electron chi connectivity index (χ2n) is 12.8. The van der Waals surface area contributed by atoms with Crippen LogP contribution >= 0.6 is 0 Å². The molecule has 4 heteroatoms. The van der Waals surface area contributed by atoms with E-state index in [-0.39, 0.29) is 0 Å². The second kappa shape index (κ2) is 13.0. The minimum Gasteiger partial charge on any atom is -0.309 e. The summed E-state index contributed by atoms with van der Waals surface area (Å²) in [6.07, 6.45) is 0.648. The van der Waals surface area contributed by atoms with Gasteiger partial charge in [-0.25, -0.2) is 0 Å². The van der Waals surface area contributed by atoms with Crippen molar-refractivity contribution in [1.82, 2.24) is 4.57 Å². The lowest BCUT2D eigenvalue weighted by atomic mass is 9.87. The summed E-state index contributed by atoms with van der Waals surface area (Å²) in [6, 6.07) is 58.1. The molecule has 0 aliphatic carbocycles. The van der Waals surface area contributed by atoms with Gasteiger partial charge in [0.05, 0.1) is 45.9 Å². The van der Waals surface area contributed by atoms with E-state index in [9.17, 15) is 15.8 Å². The molecule has 0 bridgehead atoms. The first-order valence-electron chi connectivity index (χ1n) is 16.8. The maximum absolute atomic E-state index is 10.5. The zero-order valence-electron chi connectivity index (χ0n) is 27.9. The first-order valence-corrected chi connectivity index (χ1v) is 16.8. The molecule has 0 aliphatic rings. The normalized spacial score (nSPS) is 10.9. The molecule has 8 aromatic rings. The number of benzene rings is 7. The molecule has 0 unspecified atom stereocenters. The van der Waals surface area contributed by atoms with Gasteiger partial charge in [0.1, 0.15) is 0 Å². The maximum Gasteiger partial charge on any atom is 0.0998 e. The summed E-state index contributed by atoms with van der Waals surface area (Å²) in [5.74, 6) is 0. The smallest absolute Gasteiger partial charge is 0.0998 e. The van der Waals surface area contributed by atoms with Gasteiger partial charge in [0.15, 0.2) is 0 Å². The summed E-state index contributed by atoms with van der Waals surface area (Å²) in [5, 5.41) is 32.1. The Morgan fingerprint density at radius 1 is 0.471 bits per heavy atom. The zero-order chi connectivity index (χ0) is 34.9. The molecule has 0 spiro atoms. The van der Waals surface area contributed by atoms with Gasteiger partial charge in [-0.15, -0.1) is 0 Å². The molecule has 4 nitrogen and oxygen atoms in total. The topological polar surface area (TPSA) is 76.3 Å². The quantitative estimate of drug-likeness (QED) is 0.180. The van der Waals surface area contributed by atoms with Crippen molar-refractivity contribution in [2.24, 2.45) is 0 Å². The van der Waals surface area contributed by atoms with Crippen LogP contribution in [0.25, 0.3) is 60.9 Å². The standard InChI is InChI=1S/C47H30N4/c1-31-9-2-4-13-40(31)41-14-5-3-10-36(41)26-37-19-17-32(28-48)23-44(37)42-21-20-35(25-38(42)30-50)34-11-8-12-39(27-34)51-46-16-7-6-15-43(46)45-24-33(29-49)18-22-47(45)51/h2-25,27H,26H2,1H3. The van der Waals surface area contributed by atoms with Crippen LogP contribution in [0.2, 0.25) is 0 Å². The van der Waals surface area contributed by atoms with Crippen molar-refractivity contribution in [2.45, 2.75) is 13.3 Å². The molecule has 0 N–H and O–H groups in total. The van der Waals surface area contributed by atoms with E-state index in [1.54, 1.807) is 0 Å². The fourth-order valence-electron chi connectivity index (χ4n) is 7.26. The predicted molar refractivity (Wildman–Crippen MR) is 205 cm³/mol. The molecule has 51 heavy (non-hydrogen) atoms. The van der Waals surface area contributed by atoms with E-state index >= 15 is 0 Å². The Morgan fingerprint density at radius 3 is 1.98 bits per heavy atom. The van der Waals surface area contributed by atoms with Gasteiger partial charge in [0.2, 0.25) is 0 Å². The predicted octanol–water partition coefficient (Wildman–Crippen LogP) is 11.3. The largest absolute Gasteiger partial charge is 0.309 e. The van der Waals surface area contributed by atoms with E-state index in [4.69, 9.17) is 0 Å². The van der Waals surface area contributed by atoms with Crippen molar-refractivity contribution in [3.63, 3.8) is 0 Å². The van der Waals surface area contributed by atoms with Gasteiger partial charge in [0, 0.05) is 16.5 Å². The lowest BCUT2D eigenvalue weighted by Crippen LogP contribution is -1.98. The first-order chi connectivity index (χ1) is 25.1. The Balaban J connectivity index is 1.21. The number of nitriles is 3. The molecule has 0 fully saturated rings. The Kier molecular flexibility index (Phi) is 7.94. The number of hydrogen-bond donors (Lipinski definition) is 0. The Morgan fingerprint density at radius 2 is 1.16 bits per heavy atom. The highest BCUT2D eigenvalue weighted by Gasteiger charge is 2.17. The third kappa shape index (κ3) is 5.60. The van der Waals surface area contributed by atoms with E-state index in [0.717, 1.165) is 55.3 Å². The highest BCUT2D eigenvalue weighted by molar-refractivity contribution is 6.09. The summed E-state index contributed by atoms with van der Waals surface area (Å²) in [4.78, 5) is 0. The van der Waals surface area contributed by atoms with Crippen LogP contribution in [0.5, 0.6) is 0 Å². The third-order valence-electron chi connectivity index (χ3n) is 9.74. The minimum absolute atomic E-state index is 0.544. The highest BCUT2D eigenvalue weighted by Crippen LogP contribution is 2.37. The lowest BCUT2D eigenvalue weighted by Gasteiger charge is -2.16. The van der Waals surface area contributed by atoms with E-state index in [2.05, 4.69) is 115 Å². The molecule has 0 saturated carbocycles. The number of aromatic nitrogens is 1. The van der Waals surface area contributed by atoms with E-state index < -0.39 is 0 Å². The summed E-state index contributed by atoms with van der Waals surface area (Å²) >= 11 is 0. The summed E-state index contributed by atoms with van der Waals surface area (Å²) in [5.41, 5.74) is 14.2. The number of para-hydroxylation sites is 1. The van der Waals surface area contributed by atoms with Crippen LogP contribution in [0, 0.1) is 40.9 Å². The average molecular weight is 651 g/mol. The molecule has 238 valence electrons. The number of aryl methyl sites for hydroxylation is 1. The van der Waals surface area contributed by atoms with Crippen LogP contribution in [-0.2, 0) is 6.42 Å². The van der Waals surface area contributed by atoms with Crippen molar-refractivity contribution < 1.29 is 0 Å². The van der Waals surface area contributed by atoms with Crippen LogP contribution in [0.4, 0.5) is 0 Å². The minimum atomic E-state index is 0.544. The van der Waals surface area contributed by atoms with E-state index in [0.29, 0.717) is 23.1 Å². The average Bonchev–Trinajstić information content (AvgIpc) is 3.52. The Bertz CT molecular complexity index is 2780. The Hall–Kier alpha value is -7.19. The van der Waals surface area contributed by atoms with Gasteiger partial charge in [-0.2, -0.15) is 15.8 Å². The van der Waals surface area contributed by atoms with Gasteiger partial charge in [-0.05, 0) is 118 Å². The van der Waals surface area contributed by atoms with Crippen LogP contribution < -0.4 is 0 Å². The van der Waals surface area contributed by atoms with Crippen LogP contribution in [0.3, 0.4) is 0 Å². The van der Waals surface area contributed by atoms with Gasteiger partial charge >= 0.3 is 0 Å². The fourth-order valence-corrected chi connectivity index (χ4v) is 7.26. The molecule has 8 rings (SSSR count). The molecule has 1 aromatic heterocycles. The number of hydrogen-bond acceptors (Lipinski definition) is 3. The molecule has 0 saturated heterocycles. The molecule has 0 aliphatic heterocycles. The first kappa shape index (κ1) is 31.1.